The van der Waals surface area contributed by atoms with Gasteiger partial charge in [0, 0.05) is 47.7 Å². The van der Waals surface area contributed by atoms with Crippen molar-refractivity contribution in [3.8, 4) is 11.3 Å². The highest BCUT2D eigenvalue weighted by Gasteiger charge is 2.36. The van der Waals surface area contributed by atoms with Crippen LogP contribution in [-0.4, -0.2) is 31.3 Å². The van der Waals surface area contributed by atoms with Gasteiger partial charge in [-0.2, -0.15) is 18.3 Å². The first-order valence-electron chi connectivity index (χ1n) is 12.4. The van der Waals surface area contributed by atoms with Gasteiger partial charge in [-0.05, 0) is 51.3 Å². The van der Waals surface area contributed by atoms with Crippen molar-refractivity contribution in [2.24, 2.45) is 0 Å². The maximum absolute atomic E-state index is 14.9. The van der Waals surface area contributed by atoms with E-state index in [-0.39, 0.29) is 46.0 Å². The number of aryl methyl sites for hydroxylation is 1. The average Bonchev–Trinajstić information content (AvgIpc) is 3.37. The van der Waals surface area contributed by atoms with Crippen molar-refractivity contribution in [2.75, 3.05) is 6.61 Å². The molecular formula is C27H26F5N5O. The number of halogens is 5. The molecule has 1 aliphatic rings. The summed E-state index contributed by atoms with van der Waals surface area (Å²) in [5.41, 5.74) is -0.313. The van der Waals surface area contributed by atoms with Crippen molar-refractivity contribution in [3.63, 3.8) is 0 Å². The number of pyridine rings is 1. The van der Waals surface area contributed by atoms with E-state index >= 15 is 0 Å². The summed E-state index contributed by atoms with van der Waals surface area (Å²) in [4.78, 5) is 12.6. The summed E-state index contributed by atoms with van der Waals surface area (Å²) in [5.74, 6) is -1.90. The Bertz CT molecular complexity index is 1480. The van der Waals surface area contributed by atoms with Crippen molar-refractivity contribution in [1.82, 2.24) is 24.7 Å². The summed E-state index contributed by atoms with van der Waals surface area (Å²) < 4.78 is 77.3. The van der Waals surface area contributed by atoms with E-state index in [2.05, 4.69) is 33.9 Å². The van der Waals surface area contributed by atoms with Crippen LogP contribution < -0.4 is 0 Å². The first-order chi connectivity index (χ1) is 18.0. The fourth-order valence-corrected chi connectivity index (χ4v) is 4.76. The molecule has 4 heterocycles. The number of ether oxygens (including phenoxy) is 1. The maximum atomic E-state index is 14.9. The molecule has 200 valence electrons. The number of nitrogens with zero attached hydrogens (tertiary/aromatic N) is 5. The molecule has 4 aromatic rings. The Morgan fingerprint density at radius 3 is 2.63 bits per heavy atom. The average molecular weight is 532 g/mol. The highest BCUT2D eigenvalue weighted by atomic mass is 19.4. The molecule has 0 saturated carbocycles. The number of rotatable bonds is 5. The number of benzene rings is 1. The zero-order valence-electron chi connectivity index (χ0n) is 21.1. The summed E-state index contributed by atoms with van der Waals surface area (Å²) in [7, 11) is 0. The van der Waals surface area contributed by atoms with Gasteiger partial charge in [-0.3, -0.25) is 4.68 Å². The van der Waals surface area contributed by atoms with Gasteiger partial charge in [0.1, 0.15) is 22.8 Å². The summed E-state index contributed by atoms with van der Waals surface area (Å²) in [6.07, 6.45) is 0.805. The van der Waals surface area contributed by atoms with Gasteiger partial charge in [-0.25, -0.2) is 23.7 Å². The summed E-state index contributed by atoms with van der Waals surface area (Å²) in [6, 6.07) is 4.70. The number of aromatic nitrogens is 5. The quantitative estimate of drug-likeness (QED) is 0.257. The van der Waals surface area contributed by atoms with Crippen molar-refractivity contribution in [2.45, 2.75) is 64.3 Å². The Kier molecular flexibility index (Phi) is 6.89. The molecule has 11 heteroatoms. The van der Waals surface area contributed by atoms with Gasteiger partial charge in [0.15, 0.2) is 5.69 Å². The van der Waals surface area contributed by atoms with Gasteiger partial charge in [0.2, 0.25) is 0 Å². The highest BCUT2D eigenvalue weighted by molar-refractivity contribution is 5.89. The number of alkyl halides is 3. The van der Waals surface area contributed by atoms with E-state index in [1.54, 1.807) is 12.3 Å². The zero-order chi connectivity index (χ0) is 27.2. The normalized spacial score (nSPS) is 19.2. The number of hydrogen-bond acceptors (Lipinski definition) is 5. The SMILES string of the molecule is CCC(C)n1cc(C2CC(c3cc4nc(C)c(C(F)(F)F)nc4c(-c4ccc(F)cc4F)n3)CCO2)cn1. The van der Waals surface area contributed by atoms with Crippen molar-refractivity contribution < 1.29 is 26.7 Å². The topological polar surface area (TPSA) is 65.7 Å². The predicted molar refractivity (Wildman–Crippen MR) is 130 cm³/mol. The molecule has 1 aliphatic heterocycles. The molecule has 0 aliphatic carbocycles. The molecule has 1 fully saturated rings. The standard InChI is InChI=1S/C27H26F5N5O/c1-4-14(2)37-13-17(12-33-37)23-9-16(7-8-38-23)21-11-22-25(36-26(15(3)34-22)27(30,31)32)24(35-21)19-6-5-18(28)10-20(19)29/h5-6,10-14,16,23H,4,7-9H2,1-3H3. The van der Waals surface area contributed by atoms with Crippen molar-refractivity contribution in [1.29, 1.82) is 0 Å². The van der Waals surface area contributed by atoms with E-state index in [9.17, 15) is 22.0 Å². The third-order valence-electron chi connectivity index (χ3n) is 7.04. The number of hydrogen-bond donors (Lipinski definition) is 0. The molecule has 6 nitrogen and oxygen atoms in total. The summed E-state index contributed by atoms with van der Waals surface area (Å²) >= 11 is 0. The van der Waals surface area contributed by atoms with Crippen LogP contribution >= 0.6 is 0 Å². The van der Waals surface area contributed by atoms with Crippen LogP contribution in [0.3, 0.4) is 0 Å². The van der Waals surface area contributed by atoms with Crippen LogP contribution in [0.2, 0.25) is 0 Å². The second-order valence-electron chi connectivity index (χ2n) is 9.63. The third kappa shape index (κ3) is 4.99. The molecular weight excluding hydrogens is 505 g/mol. The molecule has 5 rings (SSSR count). The summed E-state index contributed by atoms with van der Waals surface area (Å²) in [5, 5.41) is 4.45. The first-order valence-corrected chi connectivity index (χ1v) is 12.4. The molecule has 1 saturated heterocycles. The van der Waals surface area contributed by atoms with E-state index in [4.69, 9.17) is 4.74 Å². The molecule has 3 unspecified atom stereocenters. The van der Waals surface area contributed by atoms with E-state index in [1.807, 2.05) is 10.9 Å². The van der Waals surface area contributed by atoms with E-state index in [1.165, 1.54) is 6.92 Å². The molecule has 3 aromatic heterocycles. The first kappa shape index (κ1) is 26.1. The molecule has 0 N–H and O–H groups in total. The van der Waals surface area contributed by atoms with E-state index in [0.717, 1.165) is 24.1 Å². The van der Waals surface area contributed by atoms with Crippen molar-refractivity contribution >= 4 is 11.0 Å². The Hall–Kier alpha value is -3.47. The molecule has 3 atom stereocenters. The van der Waals surface area contributed by atoms with E-state index < -0.39 is 23.5 Å². The van der Waals surface area contributed by atoms with Crippen LogP contribution in [0.15, 0.2) is 36.7 Å². The van der Waals surface area contributed by atoms with E-state index in [0.29, 0.717) is 31.2 Å². The second-order valence-corrected chi connectivity index (χ2v) is 9.63. The molecule has 1 aromatic carbocycles. The largest absolute Gasteiger partial charge is 0.435 e. The third-order valence-corrected chi connectivity index (χ3v) is 7.04. The van der Waals surface area contributed by atoms with Gasteiger partial charge in [-0.1, -0.05) is 6.92 Å². The lowest BCUT2D eigenvalue weighted by atomic mass is 9.89. The second kappa shape index (κ2) is 10.0. The van der Waals surface area contributed by atoms with Gasteiger partial charge in [0.05, 0.1) is 23.5 Å². The Morgan fingerprint density at radius 2 is 1.92 bits per heavy atom. The van der Waals surface area contributed by atoms with Crippen LogP contribution in [0.4, 0.5) is 22.0 Å². The van der Waals surface area contributed by atoms with Crippen LogP contribution in [-0.2, 0) is 10.9 Å². The fraction of sp³-hybridized carbons (Fsp3) is 0.407. The fourth-order valence-electron chi connectivity index (χ4n) is 4.76. The predicted octanol–water partition coefficient (Wildman–Crippen LogP) is 7.10. The lowest BCUT2D eigenvalue weighted by Gasteiger charge is -2.29. The molecule has 0 spiro atoms. The van der Waals surface area contributed by atoms with Gasteiger partial charge >= 0.3 is 6.18 Å². The van der Waals surface area contributed by atoms with Crippen LogP contribution in [0.25, 0.3) is 22.3 Å². The van der Waals surface area contributed by atoms with Gasteiger partial charge < -0.3 is 4.74 Å². The smallest absolute Gasteiger partial charge is 0.373 e. The summed E-state index contributed by atoms with van der Waals surface area (Å²) in [6.45, 7) is 5.81. The highest BCUT2D eigenvalue weighted by Crippen LogP contribution is 2.40. The van der Waals surface area contributed by atoms with Crippen LogP contribution in [0, 0.1) is 18.6 Å². The number of fused-ring (bicyclic) bond motifs is 1. The molecule has 38 heavy (non-hydrogen) atoms. The monoisotopic (exact) mass is 531 g/mol. The van der Waals surface area contributed by atoms with Gasteiger partial charge in [0.25, 0.3) is 0 Å². The van der Waals surface area contributed by atoms with Crippen LogP contribution in [0.1, 0.15) is 73.8 Å². The maximum Gasteiger partial charge on any atom is 0.435 e. The minimum atomic E-state index is -4.75. The van der Waals surface area contributed by atoms with Crippen molar-refractivity contribution in [3.05, 3.63) is 70.9 Å². The van der Waals surface area contributed by atoms with Crippen LogP contribution in [0.5, 0.6) is 0 Å². The Labute approximate surface area is 215 Å². The molecule has 0 bridgehead atoms. The lowest BCUT2D eigenvalue weighted by molar-refractivity contribution is -0.141. The Morgan fingerprint density at radius 1 is 1.13 bits per heavy atom. The Balaban J connectivity index is 1.60. The minimum absolute atomic E-state index is 0.111. The lowest BCUT2D eigenvalue weighted by Crippen LogP contribution is -2.20. The zero-order valence-corrected chi connectivity index (χ0v) is 21.1. The minimum Gasteiger partial charge on any atom is -0.373 e. The van der Waals surface area contributed by atoms with Gasteiger partial charge in [-0.15, -0.1) is 0 Å². The molecule has 0 amide bonds. The molecule has 0 radical (unpaired) electrons.